The Morgan fingerprint density at radius 2 is 2.19 bits per heavy atom. The zero-order valence-corrected chi connectivity index (χ0v) is 14.2. The maximum absolute atomic E-state index is 12.6. The molecule has 1 aromatic carbocycles. The van der Waals surface area contributed by atoms with Crippen LogP contribution in [0.4, 0.5) is 5.69 Å². The van der Waals surface area contributed by atoms with Crippen LogP contribution in [0.3, 0.4) is 0 Å². The smallest absolute Gasteiger partial charge is 0.253 e. The highest BCUT2D eigenvalue weighted by molar-refractivity contribution is 7.99. The van der Waals surface area contributed by atoms with Gasteiger partial charge in [-0.1, -0.05) is 24.9 Å². The van der Waals surface area contributed by atoms with E-state index in [1.165, 1.54) is 12.8 Å². The highest BCUT2D eigenvalue weighted by Crippen LogP contribution is 2.30. The molecule has 1 aromatic rings. The molecule has 0 heterocycles. The van der Waals surface area contributed by atoms with Gasteiger partial charge in [-0.05, 0) is 43.7 Å². The number of anilines is 1. The van der Waals surface area contributed by atoms with Gasteiger partial charge in [0.05, 0.1) is 5.56 Å². The van der Waals surface area contributed by atoms with Crippen LogP contribution in [0.1, 0.15) is 43.5 Å². The van der Waals surface area contributed by atoms with E-state index in [0.717, 1.165) is 24.4 Å². The highest BCUT2D eigenvalue weighted by Gasteiger charge is 2.29. The number of nitrogens with one attached hydrogen (secondary N) is 2. The van der Waals surface area contributed by atoms with Crippen LogP contribution >= 0.6 is 23.4 Å². The molecule has 1 aliphatic rings. The molecule has 1 aliphatic carbocycles. The summed E-state index contributed by atoms with van der Waals surface area (Å²) in [5, 5.41) is 7.55. The zero-order chi connectivity index (χ0) is 15.2. The molecule has 21 heavy (non-hydrogen) atoms. The quantitative estimate of drug-likeness (QED) is 0.824. The summed E-state index contributed by atoms with van der Waals surface area (Å²) in [5.41, 5.74) is 1.48. The summed E-state index contributed by atoms with van der Waals surface area (Å²) in [6.45, 7) is 4.96. The summed E-state index contributed by atoms with van der Waals surface area (Å²) < 4.78 is 0. The molecule has 5 heteroatoms. The fourth-order valence-corrected chi connectivity index (χ4v) is 4.17. The maximum Gasteiger partial charge on any atom is 0.253 e. The number of carbonyl (C=O) groups is 1. The van der Waals surface area contributed by atoms with Crippen LogP contribution in [0, 0.1) is 0 Å². The minimum Gasteiger partial charge on any atom is -0.385 e. The van der Waals surface area contributed by atoms with Crippen molar-refractivity contribution in [2.45, 2.75) is 44.4 Å². The summed E-state index contributed by atoms with van der Waals surface area (Å²) in [5.74, 6) is 1.07. The second-order valence-electron chi connectivity index (χ2n) is 5.22. The molecule has 0 spiro atoms. The van der Waals surface area contributed by atoms with Gasteiger partial charge in [-0.15, -0.1) is 0 Å². The molecule has 1 amide bonds. The Morgan fingerprint density at radius 3 is 2.90 bits per heavy atom. The molecule has 0 aromatic heterocycles. The normalized spacial score (nSPS) is 21.3. The molecular formula is C16H23ClN2OS. The Hall–Kier alpha value is -0.870. The van der Waals surface area contributed by atoms with Crippen molar-refractivity contribution in [3.63, 3.8) is 0 Å². The highest BCUT2D eigenvalue weighted by atomic mass is 35.5. The molecule has 116 valence electrons. The van der Waals surface area contributed by atoms with E-state index in [4.69, 9.17) is 11.6 Å². The largest absolute Gasteiger partial charge is 0.385 e. The lowest BCUT2D eigenvalue weighted by Crippen LogP contribution is -2.39. The van der Waals surface area contributed by atoms with Gasteiger partial charge < -0.3 is 10.6 Å². The molecule has 2 rings (SSSR count). The molecule has 0 saturated heterocycles. The van der Waals surface area contributed by atoms with E-state index in [2.05, 4.69) is 17.6 Å². The van der Waals surface area contributed by atoms with E-state index in [-0.39, 0.29) is 11.9 Å². The van der Waals surface area contributed by atoms with Gasteiger partial charge in [0.15, 0.2) is 0 Å². The first-order valence-corrected chi connectivity index (χ1v) is 9.04. The van der Waals surface area contributed by atoms with E-state index in [1.54, 1.807) is 6.07 Å². The summed E-state index contributed by atoms with van der Waals surface area (Å²) in [7, 11) is 0. The molecule has 2 N–H and O–H groups in total. The Bertz CT molecular complexity index is 495. The van der Waals surface area contributed by atoms with Crippen LogP contribution in [0.25, 0.3) is 0 Å². The van der Waals surface area contributed by atoms with Crippen molar-refractivity contribution in [2.75, 3.05) is 17.6 Å². The monoisotopic (exact) mass is 326 g/mol. The number of hydrogen-bond acceptors (Lipinski definition) is 3. The first-order valence-electron chi connectivity index (χ1n) is 7.61. The van der Waals surface area contributed by atoms with E-state index >= 15 is 0 Å². The van der Waals surface area contributed by atoms with Gasteiger partial charge >= 0.3 is 0 Å². The molecule has 3 nitrogen and oxygen atoms in total. The molecule has 2 atom stereocenters. The minimum absolute atomic E-state index is 0.0259. The first-order chi connectivity index (χ1) is 10.2. The van der Waals surface area contributed by atoms with Crippen molar-refractivity contribution >= 4 is 35.0 Å². The fraction of sp³-hybridized carbons (Fsp3) is 0.562. The van der Waals surface area contributed by atoms with Gasteiger partial charge in [0.2, 0.25) is 0 Å². The number of hydrogen-bond donors (Lipinski definition) is 2. The van der Waals surface area contributed by atoms with Gasteiger partial charge in [0.25, 0.3) is 5.91 Å². The van der Waals surface area contributed by atoms with Gasteiger partial charge in [-0.25, -0.2) is 0 Å². The van der Waals surface area contributed by atoms with Crippen LogP contribution in [0.15, 0.2) is 18.2 Å². The summed E-state index contributed by atoms with van der Waals surface area (Å²) in [4.78, 5) is 12.6. The predicted octanol–water partition coefficient (Wildman–Crippen LogP) is 4.18. The van der Waals surface area contributed by atoms with Crippen LogP contribution in [-0.2, 0) is 0 Å². The zero-order valence-electron chi connectivity index (χ0n) is 12.6. The average molecular weight is 327 g/mol. The molecule has 1 fully saturated rings. The molecule has 0 aliphatic heterocycles. The summed E-state index contributed by atoms with van der Waals surface area (Å²) in [6, 6.07) is 5.69. The van der Waals surface area contributed by atoms with Crippen molar-refractivity contribution in [3.05, 3.63) is 28.8 Å². The van der Waals surface area contributed by atoms with Crippen LogP contribution in [0.5, 0.6) is 0 Å². The van der Waals surface area contributed by atoms with Crippen molar-refractivity contribution in [1.29, 1.82) is 0 Å². The Labute approximate surface area is 136 Å². The topological polar surface area (TPSA) is 41.1 Å². The fourth-order valence-electron chi connectivity index (χ4n) is 2.80. The number of amides is 1. The van der Waals surface area contributed by atoms with Crippen LogP contribution in [-0.4, -0.2) is 29.5 Å². The van der Waals surface area contributed by atoms with Crippen molar-refractivity contribution in [2.24, 2.45) is 0 Å². The van der Waals surface area contributed by atoms with Crippen molar-refractivity contribution in [1.82, 2.24) is 5.32 Å². The predicted molar refractivity (Wildman–Crippen MR) is 92.6 cm³/mol. The van der Waals surface area contributed by atoms with Gasteiger partial charge in [0.1, 0.15) is 0 Å². The van der Waals surface area contributed by atoms with Crippen molar-refractivity contribution in [3.8, 4) is 0 Å². The molecule has 1 saturated carbocycles. The van der Waals surface area contributed by atoms with E-state index in [9.17, 15) is 4.79 Å². The third kappa shape index (κ3) is 4.30. The van der Waals surface area contributed by atoms with Crippen LogP contribution in [0.2, 0.25) is 5.02 Å². The lowest BCUT2D eigenvalue weighted by atomic mass is 10.1. The first kappa shape index (κ1) is 16.5. The number of halogens is 1. The van der Waals surface area contributed by atoms with E-state index in [0.29, 0.717) is 15.8 Å². The molecule has 0 radical (unpaired) electrons. The third-order valence-corrected chi connectivity index (χ3v) is 5.30. The molecule has 2 unspecified atom stereocenters. The van der Waals surface area contributed by atoms with Crippen molar-refractivity contribution < 1.29 is 4.79 Å². The second kappa shape index (κ2) is 7.95. The van der Waals surface area contributed by atoms with Crippen LogP contribution < -0.4 is 10.6 Å². The SMILES string of the molecule is CCNc1ccc(Cl)cc1C(=O)NC1CCCC1SCC. The number of benzene rings is 1. The average Bonchev–Trinajstić information content (AvgIpc) is 2.89. The lowest BCUT2D eigenvalue weighted by molar-refractivity contribution is 0.0939. The lowest BCUT2D eigenvalue weighted by Gasteiger charge is -2.21. The maximum atomic E-state index is 12.6. The minimum atomic E-state index is -0.0259. The number of carbonyl (C=O) groups excluding carboxylic acids is 1. The Balaban J connectivity index is 2.10. The van der Waals surface area contributed by atoms with E-state index in [1.807, 2.05) is 30.8 Å². The number of rotatable bonds is 6. The van der Waals surface area contributed by atoms with Gasteiger partial charge in [-0.3, -0.25) is 4.79 Å². The van der Waals surface area contributed by atoms with E-state index < -0.39 is 0 Å². The second-order valence-corrected chi connectivity index (χ2v) is 7.18. The van der Waals surface area contributed by atoms with Gasteiger partial charge in [-0.2, -0.15) is 11.8 Å². The molecular weight excluding hydrogens is 304 g/mol. The summed E-state index contributed by atoms with van der Waals surface area (Å²) >= 11 is 7.99. The van der Waals surface area contributed by atoms with Gasteiger partial charge in [0, 0.05) is 28.5 Å². The third-order valence-electron chi connectivity index (χ3n) is 3.74. The Morgan fingerprint density at radius 1 is 1.38 bits per heavy atom. The Kier molecular flexibility index (Phi) is 6.24. The molecule has 0 bridgehead atoms. The standard InChI is InChI=1S/C16H23ClN2OS/c1-3-18-13-9-8-11(17)10-12(13)16(20)19-14-6-5-7-15(14)21-4-2/h8-10,14-15,18H,3-7H2,1-2H3,(H,19,20). The summed E-state index contributed by atoms with van der Waals surface area (Å²) in [6.07, 6.45) is 3.46. The number of thioether (sulfide) groups is 1.